The summed E-state index contributed by atoms with van der Waals surface area (Å²) in [6.07, 6.45) is 3.07. The van der Waals surface area contributed by atoms with E-state index in [4.69, 9.17) is 10.8 Å². The second-order valence-corrected chi connectivity index (χ2v) is 10.7. The van der Waals surface area contributed by atoms with E-state index >= 15 is 0 Å². The van der Waals surface area contributed by atoms with E-state index in [1.807, 2.05) is 87.8 Å². The Morgan fingerprint density at radius 2 is 1.83 bits per heavy atom. The first-order chi connectivity index (χ1) is 19.9. The summed E-state index contributed by atoms with van der Waals surface area (Å²) in [5, 5.41) is 21.1. The van der Waals surface area contributed by atoms with Crippen molar-refractivity contribution in [3.05, 3.63) is 94.9 Å². The summed E-state index contributed by atoms with van der Waals surface area (Å²) in [5.41, 5.74) is 7.93. The highest BCUT2D eigenvalue weighted by molar-refractivity contribution is 7.99. The Bertz CT molecular complexity index is 1770. The molecule has 12 heteroatoms. The maximum absolute atomic E-state index is 14.2. The van der Waals surface area contributed by atoms with Crippen LogP contribution in [0.4, 0.5) is 17.3 Å². The van der Waals surface area contributed by atoms with Crippen molar-refractivity contribution in [3.63, 3.8) is 0 Å². The Labute approximate surface area is 241 Å². The molecular formula is C29H30N10OS. The van der Waals surface area contributed by atoms with Crippen LogP contribution in [0.3, 0.4) is 0 Å². The molecule has 3 aromatic heterocycles. The molecule has 0 saturated carbocycles. The lowest BCUT2D eigenvalue weighted by Gasteiger charge is -2.20. The lowest BCUT2D eigenvalue weighted by Crippen LogP contribution is -2.29. The van der Waals surface area contributed by atoms with Gasteiger partial charge in [0.25, 0.3) is 5.56 Å². The monoisotopic (exact) mass is 566 g/mol. The highest BCUT2D eigenvalue weighted by Gasteiger charge is 2.22. The van der Waals surface area contributed by atoms with Crippen LogP contribution in [0.1, 0.15) is 24.4 Å². The Morgan fingerprint density at radius 3 is 2.59 bits per heavy atom. The second kappa shape index (κ2) is 12.1. The van der Waals surface area contributed by atoms with Gasteiger partial charge in [0, 0.05) is 34.8 Å². The number of rotatable bonds is 10. The number of likely N-dealkylation sites (N-methyl/N-ethyl adjacent to an activating group) is 1. The number of nitriles is 1. The molecule has 0 fully saturated rings. The molecule has 0 bridgehead atoms. The highest BCUT2D eigenvalue weighted by atomic mass is 32.2. The van der Waals surface area contributed by atoms with E-state index in [2.05, 4.69) is 25.5 Å². The van der Waals surface area contributed by atoms with Crippen molar-refractivity contribution in [2.24, 2.45) is 0 Å². The molecule has 0 aliphatic carbocycles. The zero-order valence-corrected chi connectivity index (χ0v) is 23.8. The molecule has 4 N–H and O–H groups in total. The van der Waals surface area contributed by atoms with Crippen LogP contribution in [-0.4, -0.2) is 56.2 Å². The molecule has 5 rings (SSSR count). The first kappa shape index (κ1) is 27.7. The quantitative estimate of drug-likeness (QED) is 0.227. The number of para-hydroxylation sites is 2. The summed E-state index contributed by atoms with van der Waals surface area (Å²) in [6, 6.07) is 20.8. The highest BCUT2D eigenvalue weighted by Crippen LogP contribution is 2.35. The van der Waals surface area contributed by atoms with Crippen molar-refractivity contribution in [1.82, 2.24) is 29.0 Å². The smallest absolute Gasteiger partial charge is 0.283 e. The number of nitrogens with zero attached hydrogens (tertiary/aromatic N) is 7. The number of benzene rings is 2. The van der Waals surface area contributed by atoms with Crippen molar-refractivity contribution in [2.45, 2.75) is 22.8 Å². The number of nitrogens with one attached hydrogen (secondary N) is 2. The largest absolute Gasteiger partial charge is 0.383 e. The Balaban J connectivity index is 1.58. The van der Waals surface area contributed by atoms with Gasteiger partial charge in [-0.1, -0.05) is 42.1 Å². The standard InChI is InChI=1S/C29H30N10OS/c1-19(35-27-21(17-30)26(31)33-18-34-27)28-36-38-15-13-24(25(38)29(40)39(28)20-9-5-4-6-10-20)41-23-12-8-7-11-22(23)32-14-16-37(2)3/h4-13,15,18-19,32H,14,16H2,1-3H3,(H3,31,33,34,35). The van der Waals surface area contributed by atoms with Crippen molar-refractivity contribution in [2.75, 3.05) is 43.6 Å². The number of anilines is 3. The van der Waals surface area contributed by atoms with Gasteiger partial charge in [0.15, 0.2) is 5.82 Å². The maximum atomic E-state index is 14.2. The van der Waals surface area contributed by atoms with Crippen LogP contribution >= 0.6 is 11.8 Å². The van der Waals surface area contributed by atoms with Crippen molar-refractivity contribution in [1.29, 1.82) is 5.26 Å². The summed E-state index contributed by atoms with van der Waals surface area (Å²) in [4.78, 5) is 26.2. The van der Waals surface area contributed by atoms with Gasteiger partial charge < -0.3 is 21.3 Å². The van der Waals surface area contributed by atoms with Gasteiger partial charge in [-0.05, 0) is 51.4 Å². The van der Waals surface area contributed by atoms with Crippen molar-refractivity contribution >= 4 is 34.6 Å². The minimum Gasteiger partial charge on any atom is -0.383 e. The van der Waals surface area contributed by atoms with Crippen LogP contribution in [0, 0.1) is 11.3 Å². The predicted octanol–water partition coefficient (Wildman–Crippen LogP) is 4.03. The molecule has 11 nitrogen and oxygen atoms in total. The molecule has 0 aliphatic rings. The second-order valence-electron chi connectivity index (χ2n) is 9.60. The molecule has 2 aromatic carbocycles. The molecule has 0 aliphatic heterocycles. The molecule has 3 heterocycles. The summed E-state index contributed by atoms with van der Waals surface area (Å²) in [6.45, 7) is 3.54. The average molecular weight is 567 g/mol. The number of hydrogen-bond donors (Lipinski definition) is 3. The van der Waals surface area contributed by atoms with E-state index in [9.17, 15) is 10.1 Å². The number of aromatic nitrogens is 5. The van der Waals surface area contributed by atoms with E-state index in [-0.39, 0.29) is 22.8 Å². The molecule has 0 radical (unpaired) electrons. The van der Waals surface area contributed by atoms with Gasteiger partial charge in [-0.2, -0.15) is 10.4 Å². The van der Waals surface area contributed by atoms with Gasteiger partial charge in [0.1, 0.15) is 35.1 Å². The average Bonchev–Trinajstić information content (AvgIpc) is 3.37. The molecular weight excluding hydrogens is 536 g/mol. The number of nitrogen functional groups attached to an aromatic ring is 1. The molecule has 1 atom stereocenters. The van der Waals surface area contributed by atoms with Crippen LogP contribution in [0.25, 0.3) is 11.2 Å². The molecule has 208 valence electrons. The maximum Gasteiger partial charge on any atom is 0.283 e. The summed E-state index contributed by atoms with van der Waals surface area (Å²) >= 11 is 1.52. The first-order valence-corrected chi connectivity index (χ1v) is 13.8. The fourth-order valence-corrected chi connectivity index (χ4v) is 5.41. The summed E-state index contributed by atoms with van der Waals surface area (Å²) < 4.78 is 3.20. The molecule has 1 unspecified atom stereocenters. The van der Waals surface area contributed by atoms with Gasteiger partial charge in [0.2, 0.25) is 0 Å². The van der Waals surface area contributed by atoms with Crippen LogP contribution in [0.2, 0.25) is 0 Å². The van der Waals surface area contributed by atoms with Gasteiger partial charge in [0.05, 0.1) is 11.7 Å². The Kier molecular flexibility index (Phi) is 8.19. The van der Waals surface area contributed by atoms with Crippen LogP contribution in [-0.2, 0) is 0 Å². The van der Waals surface area contributed by atoms with Crippen molar-refractivity contribution in [3.8, 4) is 11.8 Å². The van der Waals surface area contributed by atoms with Crippen LogP contribution < -0.4 is 21.9 Å². The van der Waals surface area contributed by atoms with Gasteiger partial charge in [-0.25, -0.2) is 14.5 Å². The molecule has 0 saturated heterocycles. The van der Waals surface area contributed by atoms with E-state index in [1.165, 1.54) is 18.1 Å². The Morgan fingerprint density at radius 1 is 1.07 bits per heavy atom. The third-order valence-corrected chi connectivity index (χ3v) is 7.52. The van der Waals surface area contributed by atoms with Gasteiger partial charge in [-0.3, -0.25) is 9.36 Å². The fraction of sp³-hybridized carbons (Fsp3) is 0.207. The van der Waals surface area contributed by atoms with E-state index in [0.29, 0.717) is 17.0 Å². The Hall–Kier alpha value is -4.86. The van der Waals surface area contributed by atoms with E-state index in [1.54, 1.807) is 15.3 Å². The molecule has 41 heavy (non-hydrogen) atoms. The van der Waals surface area contributed by atoms with E-state index < -0.39 is 6.04 Å². The third-order valence-electron chi connectivity index (χ3n) is 6.40. The van der Waals surface area contributed by atoms with E-state index in [0.717, 1.165) is 28.6 Å². The lowest BCUT2D eigenvalue weighted by molar-refractivity contribution is 0.425. The molecule has 0 amide bonds. The molecule has 5 aromatic rings. The van der Waals surface area contributed by atoms with Crippen LogP contribution in [0.15, 0.2) is 87.8 Å². The minimum atomic E-state index is -0.520. The number of nitrogens with two attached hydrogens (primary N) is 1. The summed E-state index contributed by atoms with van der Waals surface area (Å²) in [7, 11) is 4.08. The predicted molar refractivity (Wildman–Crippen MR) is 162 cm³/mol. The third kappa shape index (κ3) is 5.86. The topological polar surface area (TPSA) is 142 Å². The van der Waals surface area contributed by atoms with Crippen LogP contribution in [0.5, 0.6) is 0 Å². The minimum absolute atomic E-state index is 0.0737. The lowest BCUT2D eigenvalue weighted by atomic mass is 10.2. The first-order valence-electron chi connectivity index (χ1n) is 13.0. The molecule has 0 spiro atoms. The van der Waals surface area contributed by atoms with Crippen molar-refractivity contribution < 1.29 is 0 Å². The number of fused-ring (bicyclic) bond motifs is 1. The fourth-order valence-electron chi connectivity index (χ4n) is 4.37. The van der Waals surface area contributed by atoms with Gasteiger partial charge >= 0.3 is 0 Å². The zero-order chi connectivity index (χ0) is 28.9. The zero-order valence-electron chi connectivity index (χ0n) is 22.9. The summed E-state index contributed by atoms with van der Waals surface area (Å²) in [5.74, 6) is 0.779. The number of hydrogen-bond acceptors (Lipinski definition) is 10. The van der Waals surface area contributed by atoms with Gasteiger partial charge in [-0.15, -0.1) is 0 Å². The SMILES string of the molecule is CC(Nc1ncnc(N)c1C#N)c1nn2ccc(Sc3ccccc3NCCN(C)C)c2c(=O)n1-c1ccccc1. The normalized spacial score (nSPS) is 11.9.